The van der Waals surface area contributed by atoms with Gasteiger partial charge < -0.3 is 19.7 Å². The van der Waals surface area contributed by atoms with Crippen molar-refractivity contribution in [3.8, 4) is 11.5 Å². The molecule has 1 saturated heterocycles. The molecule has 9 heteroatoms. The van der Waals surface area contributed by atoms with Crippen LogP contribution in [0.3, 0.4) is 0 Å². The number of ether oxygens (including phenoxy) is 2. The normalized spacial score (nSPS) is 16.8. The maximum Gasteiger partial charge on any atom is 0.410 e. The van der Waals surface area contributed by atoms with Gasteiger partial charge in [0.15, 0.2) is 5.78 Å². The number of benzene rings is 2. The minimum atomic E-state index is -0.557. The first kappa shape index (κ1) is 26.7. The number of hydrogen-bond donors (Lipinski definition) is 1. The van der Waals surface area contributed by atoms with Crippen LogP contribution in [0.15, 0.2) is 60.9 Å². The highest BCUT2D eigenvalue weighted by Gasteiger charge is 2.31. The monoisotopic (exact) mass is 546 g/mol. The molecule has 202 valence electrons. The summed E-state index contributed by atoms with van der Waals surface area (Å²) >= 11 is 6.56. The number of nitrogens with one attached hydrogen (secondary N) is 1. The predicted molar refractivity (Wildman–Crippen MR) is 150 cm³/mol. The molecule has 1 N–H and O–H groups in total. The van der Waals surface area contributed by atoms with Crippen molar-refractivity contribution in [3.63, 3.8) is 0 Å². The number of aromatic nitrogens is 2. The topological polar surface area (TPSA) is 93.6 Å². The van der Waals surface area contributed by atoms with Crippen molar-refractivity contribution in [2.24, 2.45) is 0 Å². The highest BCUT2D eigenvalue weighted by molar-refractivity contribution is 6.39. The fraction of sp³-hybridized carbons (Fsp3) is 0.333. The summed E-state index contributed by atoms with van der Waals surface area (Å²) in [7, 11) is 0. The third-order valence-electron chi connectivity index (χ3n) is 6.52. The second kappa shape index (κ2) is 11.1. The van der Waals surface area contributed by atoms with Crippen molar-refractivity contribution in [2.45, 2.75) is 51.7 Å². The Morgan fingerprint density at radius 1 is 1.08 bits per heavy atom. The third-order valence-corrected chi connectivity index (χ3v) is 6.83. The molecule has 0 saturated carbocycles. The Bertz CT molecular complexity index is 1420. The van der Waals surface area contributed by atoms with Gasteiger partial charge in [-0.2, -0.15) is 0 Å². The summed E-state index contributed by atoms with van der Waals surface area (Å²) in [4.78, 5) is 36.9. The molecule has 1 aromatic heterocycles. The van der Waals surface area contributed by atoms with Gasteiger partial charge in [-0.15, -0.1) is 0 Å². The summed E-state index contributed by atoms with van der Waals surface area (Å²) in [6, 6.07) is 14.4. The van der Waals surface area contributed by atoms with E-state index in [1.54, 1.807) is 23.1 Å². The molecule has 1 aliphatic carbocycles. The maximum atomic E-state index is 13.7. The summed E-state index contributed by atoms with van der Waals surface area (Å²) in [6.45, 7) is 6.69. The van der Waals surface area contributed by atoms with Crippen molar-refractivity contribution in [1.82, 2.24) is 14.9 Å². The van der Waals surface area contributed by atoms with E-state index in [0.717, 1.165) is 18.5 Å². The van der Waals surface area contributed by atoms with E-state index in [0.29, 0.717) is 58.5 Å². The van der Waals surface area contributed by atoms with Crippen LogP contribution in [0.5, 0.6) is 11.5 Å². The molecule has 3 aromatic rings. The second-order valence-corrected chi connectivity index (χ2v) is 11.1. The number of hydrogen-bond acceptors (Lipinski definition) is 7. The van der Waals surface area contributed by atoms with Gasteiger partial charge in [0.1, 0.15) is 29.2 Å². The zero-order valence-electron chi connectivity index (χ0n) is 22.2. The van der Waals surface area contributed by atoms with Gasteiger partial charge in [0.2, 0.25) is 0 Å². The second-order valence-electron chi connectivity index (χ2n) is 10.7. The molecule has 39 heavy (non-hydrogen) atoms. The zero-order valence-corrected chi connectivity index (χ0v) is 23.0. The van der Waals surface area contributed by atoms with Crippen LogP contribution >= 0.6 is 11.6 Å². The van der Waals surface area contributed by atoms with Crippen LogP contribution in [-0.4, -0.2) is 51.5 Å². The number of nitrogens with zero attached hydrogens (tertiary/aromatic N) is 3. The van der Waals surface area contributed by atoms with Crippen molar-refractivity contribution in [3.05, 3.63) is 82.8 Å². The summed E-state index contributed by atoms with van der Waals surface area (Å²) in [5, 5.41) is 3.77. The van der Waals surface area contributed by atoms with E-state index in [4.69, 9.17) is 21.1 Å². The average molecular weight is 547 g/mol. The smallest absolute Gasteiger partial charge is 0.410 e. The van der Waals surface area contributed by atoms with Crippen LogP contribution < -0.4 is 10.1 Å². The van der Waals surface area contributed by atoms with Gasteiger partial charge in [0.05, 0.1) is 10.7 Å². The lowest BCUT2D eigenvalue weighted by atomic mass is 9.98. The molecule has 1 amide bonds. The first-order valence-electron chi connectivity index (χ1n) is 13.0. The fourth-order valence-electron chi connectivity index (χ4n) is 4.77. The van der Waals surface area contributed by atoms with Gasteiger partial charge in [0, 0.05) is 48.3 Å². The summed E-state index contributed by atoms with van der Waals surface area (Å²) in [5.74, 6) is 1.59. The first-order valence-corrected chi connectivity index (χ1v) is 13.4. The number of halogens is 1. The number of fused-ring (bicyclic) bond motifs is 1. The summed E-state index contributed by atoms with van der Waals surface area (Å²) in [5.41, 5.74) is 1.78. The van der Waals surface area contributed by atoms with Crippen molar-refractivity contribution in [1.29, 1.82) is 0 Å². The van der Waals surface area contributed by atoms with E-state index < -0.39 is 5.60 Å². The fourth-order valence-corrected chi connectivity index (χ4v) is 5.03. The molecule has 0 spiro atoms. The Balaban J connectivity index is 1.33. The van der Waals surface area contributed by atoms with E-state index in [2.05, 4.69) is 15.3 Å². The molecule has 1 aliphatic heterocycles. The molecule has 2 aliphatic rings. The number of para-hydroxylation sites is 1. The molecule has 0 unspecified atom stereocenters. The van der Waals surface area contributed by atoms with Crippen LogP contribution in [0.2, 0.25) is 5.02 Å². The van der Waals surface area contributed by atoms with Crippen molar-refractivity contribution >= 4 is 34.9 Å². The molecule has 2 heterocycles. The number of carbonyl (C=O) groups is 2. The number of rotatable bonds is 6. The number of anilines is 1. The number of Topliss-reactive ketones (excluding diaryl/α,β-unsaturated/α-hetero) is 1. The van der Waals surface area contributed by atoms with E-state index in [1.807, 2.05) is 57.2 Å². The van der Waals surface area contributed by atoms with E-state index in [9.17, 15) is 9.59 Å². The Kier molecular flexibility index (Phi) is 7.57. The van der Waals surface area contributed by atoms with E-state index in [1.165, 1.54) is 6.33 Å². The van der Waals surface area contributed by atoms with Crippen LogP contribution in [0.25, 0.3) is 5.57 Å². The number of piperidine rings is 1. The molecule has 1 atom stereocenters. The predicted octanol–water partition coefficient (Wildman–Crippen LogP) is 6.56. The molecule has 5 rings (SSSR count). The van der Waals surface area contributed by atoms with Gasteiger partial charge >= 0.3 is 6.09 Å². The maximum absolute atomic E-state index is 13.7. The number of allylic oxidation sites excluding steroid dienone is 2. The summed E-state index contributed by atoms with van der Waals surface area (Å²) < 4.78 is 11.4. The Hall–Kier alpha value is -3.91. The van der Waals surface area contributed by atoms with E-state index >= 15 is 0 Å². The molecule has 1 fully saturated rings. The average Bonchev–Trinajstić information content (AvgIpc) is 3.34. The standard InChI is InChI=1S/C30H31ClN4O4/c1-30(2,3)39-29(37)35-15-7-8-19(17-35)34-28-26-23(13-14-25(26)32-18-33-28)27(36)22-12-11-21(16-24(22)31)38-20-9-5-4-6-10-20/h4-6,9-13,16,18-19H,7-8,14-15,17H2,1-3H3,(H,32,33,34)/t19-/m1/s1. The van der Waals surface area contributed by atoms with Gasteiger partial charge in [-0.05, 0) is 57.9 Å². The van der Waals surface area contributed by atoms with Crippen LogP contribution in [0.1, 0.15) is 55.2 Å². The number of ketones is 1. The number of carbonyl (C=O) groups excluding carboxylic acids is 2. The molecule has 0 bridgehead atoms. The molecule has 0 radical (unpaired) electrons. The summed E-state index contributed by atoms with van der Waals surface area (Å²) in [6.07, 6.45) is 5.26. The highest BCUT2D eigenvalue weighted by atomic mass is 35.5. The van der Waals surface area contributed by atoms with Gasteiger partial charge in [-0.3, -0.25) is 4.79 Å². The Morgan fingerprint density at radius 3 is 2.62 bits per heavy atom. The first-order chi connectivity index (χ1) is 18.7. The lowest BCUT2D eigenvalue weighted by Gasteiger charge is -2.34. The van der Waals surface area contributed by atoms with Crippen LogP contribution in [0, 0.1) is 0 Å². The molecule has 2 aromatic carbocycles. The highest BCUT2D eigenvalue weighted by Crippen LogP contribution is 2.36. The minimum absolute atomic E-state index is 0.0415. The van der Waals surface area contributed by atoms with Crippen LogP contribution in [-0.2, 0) is 11.2 Å². The van der Waals surface area contributed by atoms with Gasteiger partial charge in [0.25, 0.3) is 0 Å². The lowest BCUT2D eigenvalue weighted by Crippen LogP contribution is -2.47. The molecular formula is C30H31ClN4O4. The van der Waals surface area contributed by atoms with Gasteiger partial charge in [-0.25, -0.2) is 14.8 Å². The zero-order chi connectivity index (χ0) is 27.6. The van der Waals surface area contributed by atoms with E-state index in [-0.39, 0.29) is 17.9 Å². The molecule has 8 nitrogen and oxygen atoms in total. The van der Waals surface area contributed by atoms with Crippen molar-refractivity contribution in [2.75, 3.05) is 18.4 Å². The van der Waals surface area contributed by atoms with Crippen molar-refractivity contribution < 1.29 is 19.1 Å². The Morgan fingerprint density at radius 2 is 1.87 bits per heavy atom. The SMILES string of the molecule is CC(C)(C)OC(=O)N1CCC[C@@H](Nc2ncnc3c2C(C(=O)c2ccc(Oc4ccccc4)cc2Cl)=CC3)C1. The minimum Gasteiger partial charge on any atom is -0.457 e. The Labute approximate surface area is 233 Å². The third kappa shape index (κ3) is 6.23. The number of likely N-dealkylation sites (tertiary alicyclic amines) is 1. The molecular weight excluding hydrogens is 516 g/mol. The quantitative estimate of drug-likeness (QED) is 0.350. The lowest BCUT2D eigenvalue weighted by molar-refractivity contribution is 0.0206. The van der Waals surface area contributed by atoms with Crippen LogP contribution in [0.4, 0.5) is 10.6 Å². The largest absolute Gasteiger partial charge is 0.457 e. The number of amides is 1. The van der Waals surface area contributed by atoms with Gasteiger partial charge in [-0.1, -0.05) is 35.9 Å².